The molecule has 0 radical (unpaired) electrons. The molecule has 2 bridgehead atoms. The molecule has 3 saturated heterocycles. The summed E-state index contributed by atoms with van der Waals surface area (Å²) in [6.07, 6.45) is 6.06. The minimum Gasteiger partial charge on any atom is -0.298 e. The predicted molar refractivity (Wildman–Crippen MR) is 74.8 cm³/mol. The first kappa shape index (κ1) is 12.8. The van der Waals surface area contributed by atoms with Gasteiger partial charge in [-0.3, -0.25) is 14.7 Å². The van der Waals surface area contributed by atoms with Crippen molar-refractivity contribution in [2.45, 2.75) is 38.6 Å². The van der Waals surface area contributed by atoms with Gasteiger partial charge in [0.15, 0.2) is 5.78 Å². The molecule has 4 unspecified atom stereocenters. The molecule has 1 aromatic rings. The first-order chi connectivity index (χ1) is 9.29. The van der Waals surface area contributed by atoms with Gasteiger partial charge in [0, 0.05) is 30.8 Å². The van der Waals surface area contributed by atoms with Crippen LogP contribution in [0.5, 0.6) is 0 Å². The van der Waals surface area contributed by atoms with E-state index < -0.39 is 0 Å². The van der Waals surface area contributed by atoms with Crippen molar-refractivity contribution in [3.63, 3.8) is 0 Å². The standard InChI is InChI=1S/C16H22N2O/c1-2-5-12-11-18-9-7-14(12)16(19)15(18)10-13-6-3-4-8-17-13/h3-4,6,8,12,14-15H,2,5,7,9-11H2,1H3. The Kier molecular flexibility index (Phi) is 3.65. The van der Waals surface area contributed by atoms with Crippen LogP contribution < -0.4 is 0 Å². The average Bonchev–Trinajstić information content (AvgIpc) is 2.44. The van der Waals surface area contributed by atoms with Crippen LogP contribution in [0.15, 0.2) is 24.4 Å². The third-order valence-corrected chi connectivity index (χ3v) is 4.69. The Balaban J connectivity index is 1.73. The summed E-state index contributed by atoms with van der Waals surface area (Å²) in [6.45, 7) is 4.42. The Bertz CT molecular complexity index is 445. The molecule has 1 aromatic heterocycles. The van der Waals surface area contributed by atoms with Crippen LogP contribution >= 0.6 is 0 Å². The number of hydrogen-bond acceptors (Lipinski definition) is 3. The zero-order valence-electron chi connectivity index (χ0n) is 11.6. The van der Waals surface area contributed by atoms with Gasteiger partial charge in [-0.25, -0.2) is 0 Å². The van der Waals surface area contributed by atoms with Crippen LogP contribution in [0.2, 0.25) is 0 Å². The molecule has 3 aliphatic rings. The molecule has 0 spiro atoms. The fraction of sp³-hybridized carbons (Fsp3) is 0.625. The summed E-state index contributed by atoms with van der Waals surface area (Å²) in [7, 11) is 0. The maximum atomic E-state index is 12.6. The van der Waals surface area contributed by atoms with Crippen molar-refractivity contribution in [1.29, 1.82) is 0 Å². The third-order valence-electron chi connectivity index (χ3n) is 4.69. The Hall–Kier alpha value is -1.22. The highest BCUT2D eigenvalue weighted by Gasteiger charge is 2.45. The lowest BCUT2D eigenvalue weighted by molar-refractivity contribution is -0.141. The first-order valence-corrected chi connectivity index (χ1v) is 7.47. The molecular formula is C16H22N2O. The molecular weight excluding hydrogens is 236 g/mol. The Morgan fingerprint density at radius 3 is 3.00 bits per heavy atom. The van der Waals surface area contributed by atoms with Crippen molar-refractivity contribution in [3.8, 4) is 0 Å². The van der Waals surface area contributed by atoms with Gasteiger partial charge in [0.05, 0.1) is 6.04 Å². The lowest BCUT2D eigenvalue weighted by Gasteiger charge is -2.48. The van der Waals surface area contributed by atoms with Gasteiger partial charge >= 0.3 is 0 Å². The number of carbonyl (C=O) groups excluding carboxylic acids is 1. The highest BCUT2D eigenvalue weighted by molar-refractivity contribution is 5.88. The number of Topliss-reactive ketones (excluding diaryl/α,β-unsaturated/α-hetero) is 1. The second-order valence-corrected chi connectivity index (χ2v) is 5.88. The van der Waals surface area contributed by atoms with Gasteiger partial charge in [-0.05, 0) is 37.4 Å². The second-order valence-electron chi connectivity index (χ2n) is 5.88. The Morgan fingerprint density at radius 1 is 1.42 bits per heavy atom. The van der Waals surface area contributed by atoms with E-state index in [1.807, 2.05) is 24.4 Å². The van der Waals surface area contributed by atoms with Crippen LogP contribution in [0.3, 0.4) is 0 Å². The second kappa shape index (κ2) is 5.41. The van der Waals surface area contributed by atoms with Gasteiger partial charge in [-0.2, -0.15) is 0 Å². The van der Waals surface area contributed by atoms with E-state index in [0.717, 1.165) is 31.6 Å². The number of fused-ring (bicyclic) bond motifs is 3. The van der Waals surface area contributed by atoms with Crippen LogP contribution in [0, 0.1) is 11.8 Å². The van der Waals surface area contributed by atoms with Gasteiger partial charge in [0.2, 0.25) is 0 Å². The molecule has 3 nitrogen and oxygen atoms in total. The van der Waals surface area contributed by atoms with Crippen molar-refractivity contribution in [2.75, 3.05) is 13.1 Å². The predicted octanol–water partition coefficient (Wildman–Crippen LogP) is 2.31. The molecule has 0 amide bonds. The van der Waals surface area contributed by atoms with Crippen molar-refractivity contribution in [1.82, 2.24) is 9.88 Å². The van der Waals surface area contributed by atoms with E-state index in [1.165, 1.54) is 12.8 Å². The fourth-order valence-corrected chi connectivity index (χ4v) is 3.75. The summed E-state index contributed by atoms with van der Waals surface area (Å²) in [5.41, 5.74) is 1.04. The molecule has 19 heavy (non-hydrogen) atoms. The summed E-state index contributed by atoms with van der Waals surface area (Å²) >= 11 is 0. The largest absolute Gasteiger partial charge is 0.298 e. The SMILES string of the molecule is CCCC1CN2CCC1C(=O)C2Cc1ccccn1. The van der Waals surface area contributed by atoms with Crippen LogP contribution in [-0.2, 0) is 11.2 Å². The van der Waals surface area contributed by atoms with Crippen molar-refractivity contribution in [2.24, 2.45) is 11.8 Å². The Labute approximate surface area is 115 Å². The number of hydrogen-bond donors (Lipinski definition) is 0. The van der Waals surface area contributed by atoms with Crippen molar-refractivity contribution >= 4 is 5.78 Å². The summed E-state index contributed by atoms with van der Waals surface area (Å²) in [4.78, 5) is 19.4. The van der Waals surface area contributed by atoms with Gasteiger partial charge in [-0.15, -0.1) is 0 Å². The van der Waals surface area contributed by atoms with Crippen molar-refractivity contribution in [3.05, 3.63) is 30.1 Å². The van der Waals surface area contributed by atoms with Crippen molar-refractivity contribution < 1.29 is 4.79 Å². The molecule has 3 aliphatic heterocycles. The quantitative estimate of drug-likeness (QED) is 0.831. The number of carbonyl (C=O) groups is 1. The van der Waals surface area contributed by atoms with E-state index in [4.69, 9.17) is 0 Å². The third kappa shape index (κ3) is 2.44. The number of rotatable bonds is 4. The van der Waals surface area contributed by atoms with Gasteiger partial charge in [0.1, 0.15) is 0 Å². The molecule has 4 atom stereocenters. The molecule has 4 heterocycles. The maximum absolute atomic E-state index is 12.6. The first-order valence-electron chi connectivity index (χ1n) is 7.47. The monoisotopic (exact) mass is 258 g/mol. The van der Waals surface area contributed by atoms with E-state index in [9.17, 15) is 4.79 Å². The van der Waals surface area contributed by atoms with Crippen LogP contribution in [-0.4, -0.2) is 34.8 Å². The summed E-state index contributed by atoms with van der Waals surface area (Å²) in [5, 5.41) is 0. The highest BCUT2D eigenvalue weighted by Crippen LogP contribution is 2.36. The molecule has 102 valence electrons. The zero-order chi connectivity index (χ0) is 13.2. The van der Waals surface area contributed by atoms with E-state index >= 15 is 0 Å². The van der Waals surface area contributed by atoms with E-state index in [-0.39, 0.29) is 6.04 Å². The minimum atomic E-state index is 0.0850. The van der Waals surface area contributed by atoms with Gasteiger partial charge < -0.3 is 0 Å². The Morgan fingerprint density at radius 2 is 2.32 bits per heavy atom. The molecule has 3 heteroatoms. The van der Waals surface area contributed by atoms with Gasteiger partial charge in [0.25, 0.3) is 0 Å². The summed E-state index contributed by atoms with van der Waals surface area (Å²) < 4.78 is 0. The van der Waals surface area contributed by atoms with E-state index in [2.05, 4.69) is 16.8 Å². The lowest BCUT2D eigenvalue weighted by Crippen LogP contribution is -2.60. The van der Waals surface area contributed by atoms with Crippen LogP contribution in [0.25, 0.3) is 0 Å². The van der Waals surface area contributed by atoms with E-state index in [0.29, 0.717) is 17.6 Å². The topological polar surface area (TPSA) is 33.2 Å². The molecule has 4 rings (SSSR count). The normalized spacial score (nSPS) is 33.6. The number of nitrogens with zero attached hydrogens (tertiary/aromatic N) is 2. The number of pyridine rings is 1. The molecule has 3 fully saturated rings. The lowest BCUT2D eigenvalue weighted by atomic mass is 9.72. The average molecular weight is 258 g/mol. The molecule has 0 saturated carbocycles. The van der Waals surface area contributed by atoms with Gasteiger partial charge in [-0.1, -0.05) is 19.4 Å². The number of ketones is 1. The molecule has 0 aliphatic carbocycles. The number of aromatic nitrogens is 1. The number of piperidine rings is 3. The summed E-state index contributed by atoms with van der Waals surface area (Å²) in [6, 6.07) is 6.04. The minimum absolute atomic E-state index is 0.0850. The highest BCUT2D eigenvalue weighted by atomic mass is 16.1. The zero-order valence-corrected chi connectivity index (χ0v) is 11.6. The summed E-state index contributed by atoms with van der Waals surface area (Å²) in [5.74, 6) is 1.39. The van der Waals surface area contributed by atoms with E-state index in [1.54, 1.807) is 0 Å². The fourth-order valence-electron chi connectivity index (χ4n) is 3.75. The van der Waals surface area contributed by atoms with Crippen LogP contribution in [0.1, 0.15) is 31.9 Å². The molecule has 0 aromatic carbocycles. The van der Waals surface area contributed by atoms with Crippen LogP contribution in [0.4, 0.5) is 0 Å². The maximum Gasteiger partial charge on any atom is 0.153 e. The molecule has 0 N–H and O–H groups in total. The smallest absolute Gasteiger partial charge is 0.153 e.